The second kappa shape index (κ2) is 9.40. The summed E-state index contributed by atoms with van der Waals surface area (Å²) in [6.45, 7) is 6.12. The molecular weight excluding hydrogens is 354 g/mol. The van der Waals surface area contributed by atoms with Crippen molar-refractivity contribution in [3.05, 3.63) is 60.2 Å². The van der Waals surface area contributed by atoms with Gasteiger partial charge >= 0.3 is 0 Å². The number of benzene rings is 2. The monoisotopic (exact) mass is 377 g/mol. The minimum absolute atomic E-state index is 0.0575. The van der Waals surface area contributed by atoms with Crippen molar-refractivity contribution < 1.29 is 4.79 Å². The van der Waals surface area contributed by atoms with Crippen LogP contribution in [-0.4, -0.2) is 45.4 Å². The Labute approximate surface area is 163 Å². The van der Waals surface area contributed by atoms with Gasteiger partial charge in [-0.2, -0.15) is 9.90 Å². The van der Waals surface area contributed by atoms with Gasteiger partial charge in [0, 0.05) is 24.3 Å². The highest BCUT2D eigenvalue weighted by molar-refractivity contribution is 5.82. The van der Waals surface area contributed by atoms with Crippen LogP contribution in [0.4, 0.5) is 5.69 Å². The first kappa shape index (κ1) is 19.2. The van der Waals surface area contributed by atoms with E-state index in [1.807, 2.05) is 54.6 Å². The number of amides is 1. The van der Waals surface area contributed by atoms with Crippen molar-refractivity contribution in [3.63, 3.8) is 0 Å². The molecule has 8 nitrogen and oxygen atoms in total. The molecule has 1 aromatic heterocycles. The summed E-state index contributed by atoms with van der Waals surface area (Å²) in [6.07, 6.45) is 1.61. The highest BCUT2D eigenvalue weighted by Crippen LogP contribution is 2.14. The van der Waals surface area contributed by atoms with E-state index in [4.69, 9.17) is 0 Å². The number of carbonyl (C=O) groups excluding carboxylic acids is 1. The first-order valence-electron chi connectivity index (χ1n) is 9.19. The van der Waals surface area contributed by atoms with Crippen LogP contribution in [0, 0.1) is 0 Å². The summed E-state index contributed by atoms with van der Waals surface area (Å²) >= 11 is 0. The van der Waals surface area contributed by atoms with Crippen molar-refractivity contribution in [2.45, 2.75) is 20.4 Å². The molecule has 0 saturated heterocycles. The number of anilines is 1. The van der Waals surface area contributed by atoms with Gasteiger partial charge in [-0.05, 0) is 36.8 Å². The molecule has 0 bridgehead atoms. The Balaban J connectivity index is 1.52. The highest BCUT2D eigenvalue weighted by atomic mass is 16.2. The number of carbonyl (C=O) groups is 1. The second-order valence-corrected chi connectivity index (χ2v) is 6.07. The van der Waals surface area contributed by atoms with Crippen molar-refractivity contribution in [2.75, 3.05) is 18.0 Å². The fourth-order valence-corrected chi connectivity index (χ4v) is 2.72. The van der Waals surface area contributed by atoms with Crippen LogP contribution < -0.4 is 10.3 Å². The topological polar surface area (TPSA) is 88.3 Å². The lowest BCUT2D eigenvalue weighted by atomic mass is 10.2. The summed E-state index contributed by atoms with van der Waals surface area (Å²) in [5.74, 6) is 0.151. The fourth-order valence-electron chi connectivity index (χ4n) is 2.72. The van der Waals surface area contributed by atoms with Gasteiger partial charge in [0.25, 0.3) is 5.91 Å². The van der Waals surface area contributed by atoms with Crippen molar-refractivity contribution >= 4 is 17.8 Å². The van der Waals surface area contributed by atoms with Crippen LogP contribution in [0.1, 0.15) is 19.4 Å². The zero-order chi connectivity index (χ0) is 19.8. The van der Waals surface area contributed by atoms with Crippen molar-refractivity contribution in [3.8, 4) is 11.4 Å². The molecule has 2 aromatic carbocycles. The zero-order valence-corrected chi connectivity index (χ0v) is 16.0. The van der Waals surface area contributed by atoms with Gasteiger partial charge in [0.1, 0.15) is 6.54 Å². The Bertz CT molecular complexity index is 915. The lowest BCUT2D eigenvalue weighted by Crippen LogP contribution is -2.24. The van der Waals surface area contributed by atoms with E-state index in [-0.39, 0.29) is 12.5 Å². The standard InChI is InChI=1S/C20H23N7O/c1-3-26(4-2)18-12-10-16(11-13-18)14-21-22-19(28)15-27-24-20(23-25-27)17-8-6-5-7-9-17/h5-14H,3-4,15H2,1-2H3,(H,22,28). The molecule has 1 heterocycles. The third kappa shape index (κ3) is 5.00. The number of hydrazone groups is 1. The summed E-state index contributed by atoms with van der Waals surface area (Å²) in [6, 6.07) is 17.5. The predicted octanol–water partition coefficient (Wildman–Crippen LogP) is 2.34. The molecule has 8 heteroatoms. The van der Waals surface area contributed by atoms with Crippen molar-refractivity contribution in [1.29, 1.82) is 0 Å². The first-order valence-corrected chi connectivity index (χ1v) is 9.19. The van der Waals surface area contributed by atoms with Crippen molar-refractivity contribution in [1.82, 2.24) is 25.6 Å². The van der Waals surface area contributed by atoms with Crippen LogP contribution >= 0.6 is 0 Å². The lowest BCUT2D eigenvalue weighted by Gasteiger charge is -2.20. The second-order valence-electron chi connectivity index (χ2n) is 6.07. The predicted molar refractivity (Wildman–Crippen MR) is 109 cm³/mol. The molecule has 144 valence electrons. The molecule has 0 aliphatic carbocycles. The molecule has 3 aromatic rings. The van der Waals surface area contributed by atoms with E-state index in [1.165, 1.54) is 4.80 Å². The molecule has 1 N–H and O–H groups in total. The van der Waals surface area contributed by atoms with E-state index < -0.39 is 0 Å². The van der Waals surface area contributed by atoms with E-state index in [0.717, 1.165) is 29.9 Å². The van der Waals surface area contributed by atoms with Gasteiger partial charge in [0.15, 0.2) is 0 Å². The van der Waals surface area contributed by atoms with Gasteiger partial charge in [0.2, 0.25) is 5.82 Å². The molecule has 0 aliphatic rings. The van der Waals surface area contributed by atoms with Crippen LogP contribution in [0.15, 0.2) is 59.7 Å². The van der Waals surface area contributed by atoms with Crippen LogP contribution in [0.3, 0.4) is 0 Å². The summed E-state index contributed by atoms with van der Waals surface area (Å²) in [4.78, 5) is 15.5. The van der Waals surface area contributed by atoms with Gasteiger partial charge in [-0.1, -0.05) is 42.5 Å². The molecule has 1 amide bonds. The fraction of sp³-hybridized carbons (Fsp3) is 0.250. The van der Waals surface area contributed by atoms with Gasteiger partial charge in [0.05, 0.1) is 6.21 Å². The van der Waals surface area contributed by atoms with Gasteiger partial charge in [-0.3, -0.25) is 4.79 Å². The minimum Gasteiger partial charge on any atom is -0.372 e. The molecule has 0 radical (unpaired) electrons. The van der Waals surface area contributed by atoms with Gasteiger partial charge in [-0.15, -0.1) is 10.2 Å². The van der Waals surface area contributed by atoms with E-state index in [0.29, 0.717) is 5.82 Å². The van der Waals surface area contributed by atoms with E-state index in [9.17, 15) is 4.79 Å². The Kier molecular flexibility index (Phi) is 6.46. The van der Waals surface area contributed by atoms with E-state index >= 15 is 0 Å². The number of nitrogens with one attached hydrogen (secondary N) is 1. The van der Waals surface area contributed by atoms with Crippen molar-refractivity contribution in [2.24, 2.45) is 5.10 Å². The Morgan fingerprint density at radius 1 is 1.11 bits per heavy atom. The average Bonchev–Trinajstić information content (AvgIpc) is 3.19. The van der Waals surface area contributed by atoms with Crippen LogP contribution in [0.5, 0.6) is 0 Å². The first-order chi connectivity index (χ1) is 13.7. The maximum Gasteiger partial charge on any atom is 0.263 e. The molecule has 28 heavy (non-hydrogen) atoms. The number of nitrogens with zero attached hydrogens (tertiary/aromatic N) is 6. The Morgan fingerprint density at radius 3 is 2.50 bits per heavy atom. The SMILES string of the molecule is CCN(CC)c1ccc(C=NNC(=O)Cn2nnc(-c3ccccc3)n2)cc1. The third-order valence-electron chi connectivity index (χ3n) is 4.19. The van der Waals surface area contributed by atoms with Crippen LogP contribution in [0.2, 0.25) is 0 Å². The number of aromatic nitrogens is 4. The molecule has 3 rings (SSSR count). The minimum atomic E-state index is -0.326. The summed E-state index contributed by atoms with van der Waals surface area (Å²) in [5, 5.41) is 16.1. The van der Waals surface area contributed by atoms with Gasteiger partial charge in [-0.25, -0.2) is 5.43 Å². The number of hydrogen-bond acceptors (Lipinski definition) is 6. The molecule has 0 fully saturated rings. The quantitative estimate of drug-likeness (QED) is 0.481. The highest BCUT2D eigenvalue weighted by Gasteiger charge is 2.08. The summed E-state index contributed by atoms with van der Waals surface area (Å²) in [5.41, 5.74) is 5.40. The molecule has 0 atom stereocenters. The molecule has 0 aliphatic heterocycles. The summed E-state index contributed by atoms with van der Waals surface area (Å²) < 4.78 is 0. The molecule has 0 saturated carbocycles. The Morgan fingerprint density at radius 2 is 1.82 bits per heavy atom. The largest absolute Gasteiger partial charge is 0.372 e. The van der Waals surface area contributed by atoms with Crippen LogP contribution in [-0.2, 0) is 11.3 Å². The van der Waals surface area contributed by atoms with Crippen LogP contribution in [0.25, 0.3) is 11.4 Å². The molecule has 0 spiro atoms. The summed E-state index contributed by atoms with van der Waals surface area (Å²) in [7, 11) is 0. The maximum absolute atomic E-state index is 12.0. The molecular formula is C20H23N7O. The Hall–Kier alpha value is -3.55. The molecule has 0 unspecified atom stereocenters. The smallest absolute Gasteiger partial charge is 0.263 e. The number of rotatable bonds is 8. The van der Waals surface area contributed by atoms with Gasteiger partial charge < -0.3 is 4.90 Å². The zero-order valence-electron chi connectivity index (χ0n) is 16.0. The average molecular weight is 377 g/mol. The maximum atomic E-state index is 12.0. The van der Waals surface area contributed by atoms with E-state index in [2.05, 4.69) is 44.7 Å². The third-order valence-corrected chi connectivity index (χ3v) is 4.19. The number of hydrogen-bond donors (Lipinski definition) is 1. The number of tetrazole rings is 1. The van der Waals surface area contributed by atoms with E-state index in [1.54, 1.807) is 6.21 Å². The lowest BCUT2D eigenvalue weighted by molar-refractivity contribution is -0.122. The normalized spacial score (nSPS) is 10.9.